The molecule has 0 spiro atoms. The van der Waals surface area contributed by atoms with E-state index in [1.807, 2.05) is 13.8 Å². The quantitative estimate of drug-likeness (QED) is 0.613. The second kappa shape index (κ2) is 13.2. The summed E-state index contributed by atoms with van der Waals surface area (Å²) in [6.07, 6.45) is -0.315. The van der Waals surface area contributed by atoms with Gasteiger partial charge in [0.1, 0.15) is 24.8 Å². The minimum absolute atomic E-state index is 0.0689. The Kier molecular flexibility index (Phi) is 10.0. The predicted octanol–water partition coefficient (Wildman–Crippen LogP) is 3.45. The van der Waals surface area contributed by atoms with E-state index in [1.54, 1.807) is 48.2 Å². The molecule has 4 amide bonds. The molecule has 0 radical (unpaired) electrons. The summed E-state index contributed by atoms with van der Waals surface area (Å²) in [5.74, 6) is -0.752. The number of carbonyl (C=O) groups is 3. The van der Waals surface area contributed by atoms with Crippen molar-refractivity contribution in [3.8, 4) is 5.75 Å². The second-order valence-electron chi connectivity index (χ2n) is 9.38. The minimum atomic E-state index is -0.589. The smallest absolute Gasteiger partial charge is 0.323 e. The highest BCUT2D eigenvalue weighted by Gasteiger charge is 2.30. The molecule has 1 heterocycles. The molecule has 2 N–H and O–H groups in total. The van der Waals surface area contributed by atoms with Gasteiger partial charge >= 0.3 is 6.03 Å². The standard InChI is InChI=1S/C27H35FN4O6/c1-17-13-32(25(33)16-36-4)18(2)15-38-23-12-21(30-27(35)29-20-8-6-7-19(28)11-20)9-10-22(23)26(34)31(3)14-24(17)37-5/h6-12,17-18,24H,13-16H2,1-5H3,(H2,29,30,35)/t17-,18+,24+/m0/s1. The van der Waals surface area contributed by atoms with E-state index in [2.05, 4.69) is 10.6 Å². The number of hydrogen-bond donors (Lipinski definition) is 2. The van der Waals surface area contributed by atoms with Gasteiger partial charge in [0.25, 0.3) is 5.91 Å². The van der Waals surface area contributed by atoms with Gasteiger partial charge in [-0.15, -0.1) is 0 Å². The predicted molar refractivity (Wildman–Crippen MR) is 141 cm³/mol. The normalized spacial score (nSPS) is 20.5. The Hall–Kier alpha value is -3.70. The zero-order chi connectivity index (χ0) is 27.8. The average molecular weight is 531 g/mol. The molecule has 3 rings (SSSR count). The van der Waals surface area contributed by atoms with E-state index in [9.17, 15) is 18.8 Å². The molecule has 2 aromatic rings. The molecule has 0 unspecified atom stereocenters. The number of methoxy groups -OCH3 is 2. The fourth-order valence-electron chi connectivity index (χ4n) is 4.26. The highest BCUT2D eigenvalue weighted by molar-refractivity contribution is 6.01. The maximum Gasteiger partial charge on any atom is 0.323 e. The van der Waals surface area contributed by atoms with Crippen LogP contribution in [0, 0.1) is 11.7 Å². The van der Waals surface area contributed by atoms with Crippen LogP contribution >= 0.6 is 0 Å². The van der Waals surface area contributed by atoms with Crippen LogP contribution < -0.4 is 15.4 Å². The van der Waals surface area contributed by atoms with Gasteiger partial charge in [-0.1, -0.05) is 13.0 Å². The van der Waals surface area contributed by atoms with E-state index >= 15 is 0 Å². The third kappa shape index (κ3) is 7.42. The number of anilines is 2. The Morgan fingerprint density at radius 2 is 1.79 bits per heavy atom. The van der Waals surface area contributed by atoms with Crippen LogP contribution in [0.25, 0.3) is 0 Å². The number of halogens is 1. The van der Waals surface area contributed by atoms with Crippen LogP contribution in [-0.4, -0.2) is 87.4 Å². The molecule has 0 bridgehead atoms. The molecule has 0 saturated heterocycles. The van der Waals surface area contributed by atoms with Crippen molar-refractivity contribution >= 4 is 29.2 Å². The van der Waals surface area contributed by atoms with E-state index in [0.29, 0.717) is 30.0 Å². The maximum atomic E-state index is 13.4. The van der Waals surface area contributed by atoms with Gasteiger partial charge in [-0.2, -0.15) is 0 Å². The van der Waals surface area contributed by atoms with Crippen LogP contribution in [0.15, 0.2) is 42.5 Å². The summed E-state index contributed by atoms with van der Waals surface area (Å²) in [4.78, 5) is 41.9. The highest BCUT2D eigenvalue weighted by atomic mass is 19.1. The summed E-state index contributed by atoms with van der Waals surface area (Å²) in [6, 6.07) is 9.29. The van der Waals surface area contributed by atoms with Crippen LogP contribution in [0.4, 0.5) is 20.6 Å². The van der Waals surface area contributed by atoms with Crippen molar-refractivity contribution in [3.63, 3.8) is 0 Å². The Balaban J connectivity index is 1.88. The third-order valence-corrected chi connectivity index (χ3v) is 6.38. The lowest BCUT2D eigenvalue weighted by atomic mass is 10.0. The Morgan fingerprint density at radius 3 is 2.45 bits per heavy atom. The van der Waals surface area contributed by atoms with Gasteiger partial charge in [0.05, 0.1) is 17.7 Å². The number of nitrogens with zero attached hydrogens (tertiary/aromatic N) is 2. The Morgan fingerprint density at radius 1 is 1.08 bits per heavy atom. The average Bonchev–Trinajstić information content (AvgIpc) is 2.87. The van der Waals surface area contributed by atoms with Crippen molar-refractivity contribution in [1.29, 1.82) is 0 Å². The van der Waals surface area contributed by atoms with Crippen molar-refractivity contribution in [2.24, 2.45) is 5.92 Å². The maximum absolute atomic E-state index is 13.4. The zero-order valence-electron chi connectivity index (χ0n) is 22.3. The van der Waals surface area contributed by atoms with Gasteiger partial charge in [-0.3, -0.25) is 9.59 Å². The van der Waals surface area contributed by atoms with Crippen LogP contribution in [0.5, 0.6) is 5.75 Å². The number of rotatable bonds is 5. The lowest BCUT2D eigenvalue weighted by molar-refractivity contribution is -0.139. The molecule has 0 saturated carbocycles. The van der Waals surface area contributed by atoms with Crippen molar-refractivity contribution in [3.05, 3.63) is 53.8 Å². The van der Waals surface area contributed by atoms with Crippen LogP contribution in [0.2, 0.25) is 0 Å². The number of carbonyl (C=O) groups excluding carboxylic acids is 3. The van der Waals surface area contributed by atoms with Gasteiger partial charge in [0.2, 0.25) is 5.91 Å². The summed E-state index contributed by atoms with van der Waals surface area (Å²) in [5, 5.41) is 5.23. The summed E-state index contributed by atoms with van der Waals surface area (Å²) in [6.45, 7) is 4.55. The van der Waals surface area contributed by atoms with Crippen LogP contribution in [-0.2, 0) is 14.3 Å². The molecular weight excluding hydrogens is 495 g/mol. The number of fused-ring (bicyclic) bond motifs is 1. The molecule has 0 fully saturated rings. The molecule has 10 nitrogen and oxygen atoms in total. The first-order valence-electron chi connectivity index (χ1n) is 12.3. The van der Waals surface area contributed by atoms with E-state index < -0.39 is 11.8 Å². The Bertz CT molecular complexity index is 1150. The van der Waals surface area contributed by atoms with Gasteiger partial charge in [-0.25, -0.2) is 9.18 Å². The third-order valence-electron chi connectivity index (χ3n) is 6.38. The van der Waals surface area contributed by atoms with E-state index in [1.165, 1.54) is 25.3 Å². The van der Waals surface area contributed by atoms with E-state index in [-0.39, 0.29) is 48.8 Å². The largest absolute Gasteiger partial charge is 0.491 e. The molecule has 206 valence electrons. The first-order chi connectivity index (χ1) is 18.1. The minimum Gasteiger partial charge on any atom is -0.491 e. The van der Waals surface area contributed by atoms with Gasteiger partial charge in [0, 0.05) is 57.7 Å². The van der Waals surface area contributed by atoms with Crippen molar-refractivity contribution in [1.82, 2.24) is 9.80 Å². The van der Waals surface area contributed by atoms with Crippen LogP contribution in [0.3, 0.4) is 0 Å². The lowest BCUT2D eigenvalue weighted by Crippen LogP contribution is -2.49. The SMILES string of the molecule is COCC(=O)N1C[C@H](C)[C@H](OC)CN(C)C(=O)c2ccc(NC(=O)Nc3cccc(F)c3)cc2OC[C@H]1C. The molecule has 38 heavy (non-hydrogen) atoms. The number of nitrogens with one attached hydrogen (secondary N) is 2. The van der Waals surface area contributed by atoms with Crippen LogP contribution in [0.1, 0.15) is 24.2 Å². The number of benzene rings is 2. The number of ether oxygens (including phenoxy) is 3. The molecule has 0 aromatic heterocycles. The highest BCUT2D eigenvalue weighted by Crippen LogP contribution is 2.27. The monoisotopic (exact) mass is 530 g/mol. The number of likely N-dealkylation sites (N-methyl/N-ethyl adjacent to an activating group) is 1. The fraction of sp³-hybridized carbons (Fsp3) is 0.444. The molecule has 1 aliphatic heterocycles. The van der Waals surface area contributed by atoms with Gasteiger partial charge in [-0.05, 0) is 37.3 Å². The Labute approximate surface area is 222 Å². The first kappa shape index (κ1) is 28.9. The topological polar surface area (TPSA) is 109 Å². The molecule has 2 aromatic carbocycles. The van der Waals surface area contributed by atoms with Crippen molar-refractivity contribution in [2.45, 2.75) is 26.0 Å². The number of hydrogen-bond acceptors (Lipinski definition) is 6. The van der Waals surface area contributed by atoms with Gasteiger partial charge < -0.3 is 34.6 Å². The molecule has 1 aliphatic rings. The molecular formula is C27H35FN4O6. The summed E-state index contributed by atoms with van der Waals surface area (Å²) < 4.78 is 30.3. The summed E-state index contributed by atoms with van der Waals surface area (Å²) in [5.41, 5.74) is 0.954. The lowest BCUT2D eigenvalue weighted by Gasteiger charge is -2.36. The summed E-state index contributed by atoms with van der Waals surface area (Å²) >= 11 is 0. The molecule has 11 heteroatoms. The second-order valence-corrected chi connectivity index (χ2v) is 9.38. The first-order valence-corrected chi connectivity index (χ1v) is 12.3. The number of amides is 4. The zero-order valence-corrected chi connectivity index (χ0v) is 22.3. The molecule has 0 aliphatic carbocycles. The van der Waals surface area contributed by atoms with E-state index in [0.717, 1.165) is 0 Å². The summed E-state index contributed by atoms with van der Waals surface area (Å²) in [7, 11) is 4.72. The fourth-order valence-corrected chi connectivity index (χ4v) is 4.26. The van der Waals surface area contributed by atoms with Gasteiger partial charge in [0.15, 0.2) is 0 Å². The number of urea groups is 1. The molecule has 3 atom stereocenters. The van der Waals surface area contributed by atoms with Crippen molar-refractivity contribution < 1.29 is 33.0 Å². The van der Waals surface area contributed by atoms with Crippen molar-refractivity contribution in [2.75, 3.05) is 58.2 Å². The van der Waals surface area contributed by atoms with E-state index in [4.69, 9.17) is 14.2 Å².